The van der Waals surface area contributed by atoms with Gasteiger partial charge in [0.25, 0.3) is 5.91 Å². The summed E-state index contributed by atoms with van der Waals surface area (Å²) in [6.07, 6.45) is -0.0786. The fourth-order valence-electron chi connectivity index (χ4n) is 7.15. The van der Waals surface area contributed by atoms with E-state index in [-0.39, 0.29) is 156 Å². The van der Waals surface area contributed by atoms with Crippen LogP contribution >= 0.6 is 0 Å². The number of allylic oxidation sites excluding steroid dienone is 1. The molecule has 2 atom stereocenters. The van der Waals surface area contributed by atoms with Gasteiger partial charge in [0, 0.05) is 38.3 Å². The molecule has 0 saturated heterocycles. The summed E-state index contributed by atoms with van der Waals surface area (Å²) in [6.45, 7) is 8.62. The average Bonchev–Trinajstić information content (AvgIpc) is 3.52. The van der Waals surface area contributed by atoms with Crippen molar-refractivity contribution >= 4 is 49.7 Å². The highest BCUT2D eigenvalue weighted by atomic mass is 32.2. The van der Waals surface area contributed by atoms with E-state index in [1.807, 2.05) is 13.8 Å². The molecule has 0 unspecified atom stereocenters. The molecule has 458 valence electrons. The first-order valence-electron chi connectivity index (χ1n) is 26.6. The van der Waals surface area contributed by atoms with Crippen LogP contribution in [0.3, 0.4) is 0 Å². The van der Waals surface area contributed by atoms with E-state index in [1.165, 1.54) is 61.5 Å². The van der Waals surface area contributed by atoms with Crippen molar-refractivity contribution in [1.82, 2.24) is 10.0 Å². The van der Waals surface area contributed by atoms with Crippen LogP contribution in [0.25, 0.3) is 12.2 Å². The number of esters is 1. The van der Waals surface area contributed by atoms with Crippen molar-refractivity contribution in [1.29, 1.82) is 0 Å². The maximum atomic E-state index is 14.8. The Hall–Kier alpha value is -6.17. The number of carbonyl (C=O) groups is 3. The molecule has 0 aliphatic rings. The third-order valence-electron chi connectivity index (χ3n) is 11.6. The normalized spacial score (nSPS) is 12.9. The van der Waals surface area contributed by atoms with Crippen LogP contribution in [-0.4, -0.2) is 162 Å². The van der Waals surface area contributed by atoms with Gasteiger partial charge in [0.1, 0.15) is 17.6 Å². The molecule has 0 aromatic heterocycles. The zero-order valence-electron chi connectivity index (χ0n) is 46.6. The second kappa shape index (κ2) is 36.5. The van der Waals surface area contributed by atoms with Crippen LogP contribution in [0.15, 0.2) is 93.7 Å². The molecule has 0 aliphatic heterocycles. The van der Waals surface area contributed by atoms with E-state index in [0.29, 0.717) is 5.56 Å². The summed E-state index contributed by atoms with van der Waals surface area (Å²) in [5, 5.41) is 22.7. The van der Waals surface area contributed by atoms with Crippen LogP contribution in [0.2, 0.25) is 0 Å². The van der Waals surface area contributed by atoms with Crippen LogP contribution in [0.4, 0.5) is 17.6 Å². The van der Waals surface area contributed by atoms with E-state index >= 15 is 0 Å². The fourth-order valence-corrected chi connectivity index (χ4v) is 9.45. The summed E-state index contributed by atoms with van der Waals surface area (Å²) < 4.78 is 160. The Morgan fingerprint density at radius 3 is 1.48 bits per heavy atom. The maximum absolute atomic E-state index is 14.8. The van der Waals surface area contributed by atoms with Gasteiger partial charge < -0.3 is 58.2 Å². The minimum Gasteiger partial charge on any atom is -0.463 e. The number of sulfone groups is 1. The molecule has 0 saturated carbocycles. The molecular weight excluding hydrogens is 1140 g/mol. The van der Waals surface area contributed by atoms with E-state index < -0.39 is 84.5 Å². The van der Waals surface area contributed by atoms with Gasteiger partial charge in [-0.05, 0) is 130 Å². The van der Waals surface area contributed by atoms with E-state index in [9.17, 15) is 59.0 Å². The number of sulfonamides is 1. The molecule has 83 heavy (non-hydrogen) atoms. The molecule has 0 spiro atoms. The average molecular weight is 1210 g/mol. The highest BCUT2D eigenvalue weighted by molar-refractivity contribution is 7.91. The van der Waals surface area contributed by atoms with Crippen molar-refractivity contribution in [2.24, 2.45) is 0 Å². The topological polar surface area (TPSA) is 267 Å². The number of carbonyl (C=O) groups excluding carboxylic acids is 3. The Kier molecular flexibility index (Phi) is 30.5. The van der Waals surface area contributed by atoms with Crippen molar-refractivity contribution < 1.29 is 102 Å². The van der Waals surface area contributed by atoms with Crippen molar-refractivity contribution in [2.75, 3.05) is 105 Å². The van der Waals surface area contributed by atoms with Gasteiger partial charge in [-0.15, -0.1) is 0 Å². The van der Waals surface area contributed by atoms with E-state index in [2.05, 4.69) is 10.0 Å². The molecule has 0 aliphatic carbocycles. The molecule has 20 nitrogen and oxygen atoms in total. The number of ether oxygens (including phenoxy) is 9. The highest BCUT2D eigenvalue weighted by Crippen LogP contribution is 2.32. The lowest BCUT2D eigenvalue weighted by molar-refractivity contribution is -0.145. The third-order valence-corrected chi connectivity index (χ3v) is 14.9. The first-order valence-corrected chi connectivity index (χ1v) is 29.7. The molecule has 0 fully saturated rings. The highest BCUT2D eigenvalue weighted by Gasteiger charge is 2.29. The lowest BCUT2D eigenvalue weighted by atomic mass is 10.1. The molecule has 0 bridgehead atoms. The fraction of sp³-hybridized carbons (Fsp3) is 0.456. The molecule has 4 N–H and O–H groups in total. The van der Waals surface area contributed by atoms with Gasteiger partial charge in [-0.2, -0.15) is 0 Å². The molecule has 26 heteroatoms. The summed E-state index contributed by atoms with van der Waals surface area (Å²) >= 11 is 0. The number of rotatable bonds is 41. The van der Waals surface area contributed by atoms with Crippen molar-refractivity contribution in [3.8, 4) is 23.0 Å². The largest absolute Gasteiger partial charge is 0.463 e. The number of amides is 1. The van der Waals surface area contributed by atoms with Crippen LogP contribution in [0.1, 0.15) is 64.5 Å². The van der Waals surface area contributed by atoms with Crippen molar-refractivity contribution in [3.63, 3.8) is 0 Å². The van der Waals surface area contributed by atoms with Gasteiger partial charge in [-0.25, -0.2) is 43.9 Å². The molecule has 0 radical (unpaired) electrons. The maximum Gasteiger partial charge on any atom is 0.333 e. The van der Waals surface area contributed by atoms with E-state index in [4.69, 9.17) is 42.6 Å². The minimum atomic E-state index is -3.93. The lowest BCUT2D eigenvalue weighted by Crippen LogP contribution is -2.46. The lowest BCUT2D eigenvalue weighted by Gasteiger charge is -2.16. The first kappa shape index (κ1) is 69.3. The number of hydrogen-bond acceptors (Lipinski definition) is 18. The van der Waals surface area contributed by atoms with Gasteiger partial charge in [-0.1, -0.05) is 18.6 Å². The summed E-state index contributed by atoms with van der Waals surface area (Å²) in [5.74, 6) is -7.73. The number of hydrogen-bond donors (Lipinski definition) is 4. The predicted octanol–water partition coefficient (Wildman–Crippen LogP) is 7.04. The quantitative estimate of drug-likeness (QED) is 0.0150. The van der Waals surface area contributed by atoms with E-state index in [1.54, 1.807) is 13.0 Å². The zero-order chi connectivity index (χ0) is 60.8. The van der Waals surface area contributed by atoms with E-state index in [0.717, 1.165) is 36.3 Å². The SMILES string of the molecule is CCOC(=O)/C(C)=C/c1cc(F)c(Oc2ccc(S(=O)(=O)CCCOCCOCCOCCCC(=O)[C@H](O)[C@@H](O)C(=O)NCCOCCOCCOCCNS(=O)(=O)c3ccc(Oc4c(F)cc(/C=C(\C)CC)cc4F)cc3)cc2)c(F)c1. The first-order chi connectivity index (χ1) is 39.6. The summed E-state index contributed by atoms with van der Waals surface area (Å²) in [6, 6.07) is 14.4. The second-order valence-corrected chi connectivity index (χ2v) is 22.0. The molecule has 0 heterocycles. The summed E-state index contributed by atoms with van der Waals surface area (Å²) in [7, 11) is -7.65. The molecule has 1 amide bonds. The van der Waals surface area contributed by atoms with Crippen molar-refractivity contribution in [3.05, 3.63) is 118 Å². The Labute approximate surface area is 481 Å². The smallest absolute Gasteiger partial charge is 0.333 e. The second-order valence-electron chi connectivity index (χ2n) is 18.2. The molecule has 4 aromatic carbocycles. The zero-order valence-corrected chi connectivity index (χ0v) is 48.3. The van der Waals surface area contributed by atoms with Crippen LogP contribution in [0, 0.1) is 23.3 Å². The van der Waals surface area contributed by atoms with Gasteiger partial charge in [-0.3, -0.25) is 9.59 Å². The number of aliphatic hydroxyl groups is 2. The monoisotopic (exact) mass is 1210 g/mol. The van der Waals surface area contributed by atoms with Crippen LogP contribution in [-0.2, 0) is 67.4 Å². The Morgan fingerprint density at radius 2 is 1.00 bits per heavy atom. The van der Waals surface area contributed by atoms with Gasteiger partial charge >= 0.3 is 5.97 Å². The number of halogens is 4. The molecular formula is C57H72F4N2O18S2. The predicted molar refractivity (Wildman–Crippen MR) is 296 cm³/mol. The van der Waals surface area contributed by atoms with Crippen LogP contribution in [0.5, 0.6) is 23.0 Å². The third kappa shape index (κ3) is 24.9. The number of aliphatic hydroxyl groups excluding tert-OH is 2. The standard InChI is InChI=1S/C57H72F4N2O18S2/c1-5-39(3)33-41-35-47(58)54(48(59)36-41)81-44-12-16-46(17-13-44)83(71,72)63-19-23-76-27-31-78-30-26-75-22-18-62-56(67)53(66)52(65)51(64)9-7-20-73-24-28-77-29-25-74-21-8-32-82(69,70)45-14-10-43(11-15-45)80-55-49(60)37-42(38-50(55)61)34-40(4)57(68)79-6-2/h10-17,33-38,52-53,63,65-66H,5-9,18-32H2,1-4H3,(H,62,67)/b39-33+,40-34+/t52-,53+/m0/s1. The number of Topliss-reactive ketones (excluding diaryl/α,β-unsaturated/α-hetero) is 1. The van der Waals surface area contributed by atoms with Gasteiger partial charge in [0.05, 0.1) is 88.2 Å². The number of ketones is 1. The number of benzene rings is 4. The molecule has 4 aromatic rings. The minimum absolute atomic E-state index is 0.00616. The summed E-state index contributed by atoms with van der Waals surface area (Å²) in [4.78, 5) is 36.3. The van der Waals surface area contributed by atoms with Crippen molar-refractivity contribution in [2.45, 2.75) is 75.4 Å². The molecule has 4 rings (SSSR count). The number of nitrogens with one attached hydrogen (secondary N) is 2. The van der Waals surface area contributed by atoms with Gasteiger partial charge in [0.2, 0.25) is 10.0 Å². The Morgan fingerprint density at radius 1 is 0.566 bits per heavy atom. The van der Waals surface area contributed by atoms with Gasteiger partial charge in [0.15, 0.2) is 56.5 Å². The Bertz CT molecular complexity index is 2940. The van der Waals surface area contributed by atoms with Crippen LogP contribution < -0.4 is 19.5 Å². The Balaban J connectivity index is 0.938. The summed E-state index contributed by atoms with van der Waals surface area (Å²) in [5.41, 5.74) is 1.52.